The molecule has 0 saturated heterocycles. The van der Waals surface area contributed by atoms with Gasteiger partial charge in [0.15, 0.2) is 0 Å². The molecule has 0 aliphatic rings. The maximum absolute atomic E-state index is 11.1. The minimum atomic E-state index is -0.416. The molecule has 206 valence electrons. The number of fused-ring (bicyclic) bond motifs is 1. The van der Waals surface area contributed by atoms with Crippen molar-refractivity contribution < 1.29 is 9.66 Å². The molecule has 0 spiro atoms. The molecule has 6 rings (SSSR count). The number of aryl methyl sites for hydroxylation is 2. The Morgan fingerprint density at radius 3 is 2.60 bits per heavy atom. The third kappa shape index (κ3) is 5.49. The van der Waals surface area contributed by atoms with E-state index in [-0.39, 0.29) is 5.69 Å². The van der Waals surface area contributed by atoms with Crippen LogP contribution in [0.4, 0.5) is 17.3 Å². The van der Waals surface area contributed by atoms with Crippen molar-refractivity contribution in [2.45, 2.75) is 20.4 Å². The van der Waals surface area contributed by atoms with Crippen molar-refractivity contribution in [3.8, 4) is 29.0 Å². The van der Waals surface area contributed by atoms with E-state index >= 15 is 0 Å². The van der Waals surface area contributed by atoms with E-state index in [4.69, 9.17) is 4.74 Å². The number of benzene rings is 3. The molecule has 0 unspecified atom stereocenters. The van der Waals surface area contributed by atoms with Gasteiger partial charge >= 0.3 is 0 Å². The van der Waals surface area contributed by atoms with Gasteiger partial charge in [-0.15, -0.1) is 16.4 Å². The second-order valence-electron chi connectivity index (χ2n) is 9.57. The lowest BCUT2D eigenvalue weighted by Gasteiger charge is -2.13. The normalized spacial score (nSPS) is 10.9. The summed E-state index contributed by atoms with van der Waals surface area (Å²) in [5.41, 5.74) is 6.14. The van der Waals surface area contributed by atoms with Crippen LogP contribution in [0.1, 0.15) is 22.3 Å². The first-order valence-corrected chi connectivity index (χ1v) is 13.7. The highest BCUT2D eigenvalue weighted by Crippen LogP contribution is 2.36. The van der Waals surface area contributed by atoms with Crippen LogP contribution < -0.4 is 10.1 Å². The number of nitrogens with zero attached hydrogens (tertiary/aromatic N) is 7. The van der Waals surface area contributed by atoms with Crippen molar-refractivity contribution in [1.82, 2.24) is 25.0 Å². The number of thiophene rings is 1. The highest BCUT2D eigenvalue weighted by atomic mass is 32.1. The maximum Gasteiger partial charge on any atom is 0.269 e. The molecule has 0 fully saturated rings. The largest absolute Gasteiger partial charge is 0.437 e. The Balaban J connectivity index is 1.20. The number of non-ortho nitro benzene ring substituents is 1. The SMILES string of the molecule is Cc1cc(C#N)cc(C)c1Oc1nc(Nc2ccc(-c3cn(Cc4cccc([N+](=O)[O-])c4)nn3)cc2)nc2ccsc12. The summed E-state index contributed by atoms with van der Waals surface area (Å²) in [6, 6.07) is 21.7. The fourth-order valence-electron chi connectivity index (χ4n) is 4.55. The van der Waals surface area contributed by atoms with Gasteiger partial charge in [0.25, 0.3) is 5.69 Å². The molecule has 0 saturated carbocycles. The Kier molecular flexibility index (Phi) is 7.00. The summed E-state index contributed by atoms with van der Waals surface area (Å²) < 4.78 is 8.76. The number of nitro benzene ring substituents is 1. The third-order valence-corrected chi connectivity index (χ3v) is 7.39. The van der Waals surface area contributed by atoms with E-state index in [9.17, 15) is 15.4 Å². The predicted octanol–water partition coefficient (Wildman–Crippen LogP) is 6.93. The molecule has 3 aromatic carbocycles. The molecule has 3 heterocycles. The van der Waals surface area contributed by atoms with Crippen LogP contribution in [0, 0.1) is 35.3 Å². The Hall–Kier alpha value is -5.67. The molecular formula is C30H22N8O3S. The standard InChI is InChI=1S/C30H22N8O3S/c1-18-12-21(15-31)13-19(2)27(18)41-29-28-25(10-11-42-28)33-30(34-29)32-23-8-6-22(7-9-23)26-17-37(36-35-26)16-20-4-3-5-24(14-20)38(39)40/h3-14,17H,16H2,1-2H3,(H,32,33,34). The van der Waals surface area contributed by atoms with E-state index in [1.807, 2.05) is 55.6 Å². The van der Waals surface area contributed by atoms with Crippen LogP contribution in [-0.2, 0) is 6.54 Å². The minimum Gasteiger partial charge on any atom is -0.437 e. The van der Waals surface area contributed by atoms with Crippen molar-refractivity contribution in [2.24, 2.45) is 0 Å². The van der Waals surface area contributed by atoms with Gasteiger partial charge in [-0.05, 0) is 66.2 Å². The van der Waals surface area contributed by atoms with Crippen LogP contribution in [0.15, 0.2) is 78.3 Å². The lowest BCUT2D eigenvalue weighted by molar-refractivity contribution is -0.384. The quantitative estimate of drug-likeness (QED) is 0.151. The average molecular weight is 575 g/mol. The molecule has 0 radical (unpaired) electrons. The van der Waals surface area contributed by atoms with Gasteiger partial charge in [-0.25, -0.2) is 9.67 Å². The van der Waals surface area contributed by atoms with E-state index in [2.05, 4.69) is 31.7 Å². The molecule has 0 bridgehead atoms. The lowest BCUT2D eigenvalue weighted by atomic mass is 10.1. The van der Waals surface area contributed by atoms with Gasteiger partial charge in [0.2, 0.25) is 11.8 Å². The van der Waals surface area contributed by atoms with Crippen molar-refractivity contribution in [1.29, 1.82) is 5.26 Å². The van der Waals surface area contributed by atoms with Gasteiger partial charge in [0.1, 0.15) is 16.1 Å². The number of aromatic nitrogens is 5. The highest BCUT2D eigenvalue weighted by Gasteiger charge is 2.15. The number of nitrogens with one attached hydrogen (secondary N) is 1. The molecule has 42 heavy (non-hydrogen) atoms. The summed E-state index contributed by atoms with van der Waals surface area (Å²) in [6.45, 7) is 4.18. The minimum absolute atomic E-state index is 0.0382. The first-order valence-electron chi connectivity index (χ1n) is 12.8. The zero-order valence-electron chi connectivity index (χ0n) is 22.5. The van der Waals surface area contributed by atoms with Crippen LogP contribution in [0.5, 0.6) is 11.6 Å². The lowest BCUT2D eigenvalue weighted by Crippen LogP contribution is -2.01. The zero-order chi connectivity index (χ0) is 29.2. The van der Waals surface area contributed by atoms with Crippen molar-refractivity contribution in [3.05, 3.63) is 111 Å². The second-order valence-corrected chi connectivity index (χ2v) is 10.5. The molecule has 12 heteroatoms. The number of rotatable bonds is 8. The number of hydrogen-bond donors (Lipinski definition) is 1. The summed E-state index contributed by atoms with van der Waals surface area (Å²) in [7, 11) is 0. The molecule has 0 aliphatic heterocycles. The Morgan fingerprint density at radius 1 is 1.07 bits per heavy atom. The number of ether oxygens (including phenoxy) is 1. The molecule has 0 aliphatic carbocycles. The van der Waals surface area contributed by atoms with Crippen LogP contribution in [-0.4, -0.2) is 29.9 Å². The number of nitriles is 1. The number of hydrogen-bond acceptors (Lipinski definition) is 10. The zero-order valence-corrected chi connectivity index (χ0v) is 23.3. The molecule has 0 atom stereocenters. The van der Waals surface area contributed by atoms with E-state index in [0.29, 0.717) is 35.4 Å². The molecule has 0 amide bonds. The Bertz CT molecular complexity index is 1970. The van der Waals surface area contributed by atoms with E-state index in [1.165, 1.54) is 23.5 Å². The van der Waals surface area contributed by atoms with Crippen LogP contribution in [0.2, 0.25) is 0 Å². The number of anilines is 2. The van der Waals surface area contributed by atoms with Gasteiger partial charge < -0.3 is 10.1 Å². The monoisotopic (exact) mass is 574 g/mol. The molecule has 6 aromatic rings. The Morgan fingerprint density at radius 2 is 1.86 bits per heavy atom. The van der Waals surface area contributed by atoms with E-state index in [0.717, 1.165) is 38.2 Å². The third-order valence-electron chi connectivity index (χ3n) is 6.50. The van der Waals surface area contributed by atoms with Crippen LogP contribution >= 0.6 is 11.3 Å². The Labute approximate surface area is 243 Å². The van der Waals surface area contributed by atoms with Crippen molar-refractivity contribution in [2.75, 3.05) is 5.32 Å². The maximum atomic E-state index is 11.1. The summed E-state index contributed by atoms with van der Waals surface area (Å²) in [6.07, 6.45) is 1.80. The first kappa shape index (κ1) is 26.5. The second kappa shape index (κ2) is 11.1. The van der Waals surface area contributed by atoms with Gasteiger partial charge in [0, 0.05) is 23.4 Å². The molecule has 11 nitrogen and oxygen atoms in total. The summed E-state index contributed by atoms with van der Waals surface area (Å²) in [4.78, 5) is 20.0. The topological polar surface area (TPSA) is 145 Å². The smallest absolute Gasteiger partial charge is 0.269 e. The fourth-order valence-corrected chi connectivity index (χ4v) is 5.31. The summed E-state index contributed by atoms with van der Waals surface area (Å²) >= 11 is 1.50. The fraction of sp³-hybridized carbons (Fsp3) is 0.100. The highest BCUT2D eigenvalue weighted by molar-refractivity contribution is 7.17. The van der Waals surface area contributed by atoms with Gasteiger partial charge in [0.05, 0.1) is 34.8 Å². The van der Waals surface area contributed by atoms with Crippen LogP contribution in [0.25, 0.3) is 21.5 Å². The van der Waals surface area contributed by atoms with Gasteiger partial charge in [-0.1, -0.05) is 29.5 Å². The van der Waals surface area contributed by atoms with E-state index < -0.39 is 4.92 Å². The molecule has 3 aromatic heterocycles. The van der Waals surface area contributed by atoms with Crippen molar-refractivity contribution in [3.63, 3.8) is 0 Å². The number of nitro groups is 1. The predicted molar refractivity (Wildman–Crippen MR) is 159 cm³/mol. The first-order chi connectivity index (χ1) is 20.4. The molecule has 1 N–H and O–H groups in total. The van der Waals surface area contributed by atoms with Gasteiger partial charge in [-0.2, -0.15) is 10.2 Å². The van der Waals surface area contributed by atoms with Crippen LogP contribution in [0.3, 0.4) is 0 Å². The van der Waals surface area contributed by atoms with E-state index in [1.54, 1.807) is 29.1 Å². The molecular weight excluding hydrogens is 552 g/mol. The van der Waals surface area contributed by atoms with Gasteiger partial charge in [-0.3, -0.25) is 10.1 Å². The summed E-state index contributed by atoms with van der Waals surface area (Å²) in [5.74, 6) is 1.48. The average Bonchev–Trinajstić information content (AvgIpc) is 3.65. The van der Waals surface area contributed by atoms with Crippen molar-refractivity contribution >= 4 is 38.9 Å². The summed E-state index contributed by atoms with van der Waals surface area (Å²) in [5, 5.41) is 34.0.